The summed E-state index contributed by atoms with van der Waals surface area (Å²) in [6.45, 7) is 4.54. The van der Waals surface area contributed by atoms with Crippen LogP contribution in [0, 0.1) is 11.8 Å². The highest BCUT2D eigenvalue weighted by atomic mass is 32.1. The number of nitrogens with zero attached hydrogens (tertiary/aromatic N) is 1. The SMILES string of the molecule is CC1CCCC(NC(=O)Cc2csc(-c3ccccc3)n2)C1C. The van der Waals surface area contributed by atoms with Crippen LogP contribution in [0.3, 0.4) is 0 Å². The van der Waals surface area contributed by atoms with Crippen molar-refractivity contribution in [3.05, 3.63) is 41.4 Å². The molecule has 4 heteroatoms. The van der Waals surface area contributed by atoms with Crippen molar-refractivity contribution in [3.63, 3.8) is 0 Å². The van der Waals surface area contributed by atoms with E-state index in [1.54, 1.807) is 11.3 Å². The highest BCUT2D eigenvalue weighted by molar-refractivity contribution is 7.13. The van der Waals surface area contributed by atoms with Gasteiger partial charge in [0.25, 0.3) is 0 Å². The Kier molecular flexibility index (Phi) is 5.11. The maximum absolute atomic E-state index is 12.3. The van der Waals surface area contributed by atoms with E-state index in [9.17, 15) is 4.79 Å². The Balaban J connectivity index is 1.59. The Morgan fingerprint density at radius 1 is 1.26 bits per heavy atom. The third kappa shape index (κ3) is 3.99. The normalized spacial score (nSPS) is 24.3. The van der Waals surface area contributed by atoms with Crippen molar-refractivity contribution < 1.29 is 4.79 Å². The molecule has 23 heavy (non-hydrogen) atoms. The van der Waals surface area contributed by atoms with Gasteiger partial charge >= 0.3 is 0 Å². The monoisotopic (exact) mass is 328 g/mol. The standard InChI is InChI=1S/C19H24N2OS/c1-13-7-6-10-17(14(13)2)21-18(22)11-16-12-23-19(20-16)15-8-4-3-5-9-15/h3-5,8-9,12-14,17H,6-7,10-11H2,1-2H3,(H,21,22). The minimum absolute atomic E-state index is 0.0980. The van der Waals surface area contributed by atoms with Gasteiger partial charge < -0.3 is 5.32 Å². The van der Waals surface area contributed by atoms with E-state index in [0.717, 1.165) is 22.7 Å². The number of amides is 1. The average Bonchev–Trinajstić information content (AvgIpc) is 3.01. The highest BCUT2D eigenvalue weighted by Gasteiger charge is 2.28. The summed E-state index contributed by atoms with van der Waals surface area (Å²) < 4.78 is 0. The van der Waals surface area contributed by atoms with Gasteiger partial charge in [0.2, 0.25) is 5.91 Å². The van der Waals surface area contributed by atoms with Crippen molar-refractivity contribution in [1.29, 1.82) is 0 Å². The fourth-order valence-corrected chi connectivity index (χ4v) is 4.14. The van der Waals surface area contributed by atoms with E-state index >= 15 is 0 Å². The number of benzene rings is 1. The Morgan fingerprint density at radius 2 is 2.04 bits per heavy atom. The number of aromatic nitrogens is 1. The molecule has 1 aliphatic carbocycles. The maximum atomic E-state index is 12.3. The van der Waals surface area contributed by atoms with Gasteiger partial charge in [-0.25, -0.2) is 4.98 Å². The average molecular weight is 328 g/mol. The molecule has 1 aromatic heterocycles. The fraction of sp³-hybridized carbons (Fsp3) is 0.474. The van der Waals surface area contributed by atoms with Gasteiger partial charge in [-0.05, 0) is 18.3 Å². The van der Waals surface area contributed by atoms with Crippen LogP contribution in [0.4, 0.5) is 0 Å². The van der Waals surface area contributed by atoms with Crippen LogP contribution in [0.5, 0.6) is 0 Å². The van der Waals surface area contributed by atoms with Gasteiger partial charge in [0.1, 0.15) is 5.01 Å². The first-order chi connectivity index (χ1) is 11.1. The molecule has 3 rings (SSSR count). The number of thiazole rings is 1. The van der Waals surface area contributed by atoms with Gasteiger partial charge in [-0.15, -0.1) is 11.3 Å². The Labute approximate surface area is 142 Å². The molecule has 0 saturated heterocycles. The van der Waals surface area contributed by atoms with E-state index in [-0.39, 0.29) is 5.91 Å². The minimum Gasteiger partial charge on any atom is -0.353 e. The van der Waals surface area contributed by atoms with E-state index in [1.165, 1.54) is 12.8 Å². The number of carbonyl (C=O) groups is 1. The lowest BCUT2D eigenvalue weighted by molar-refractivity contribution is -0.121. The lowest BCUT2D eigenvalue weighted by Gasteiger charge is -2.34. The van der Waals surface area contributed by atoms with Gasteiger partial charge in [0.15, 0.2) is 0 Å². The quantitative estimate of drug-likeness (QED) is 0.909. The smallest absolute Gasteiger partial charge is 0.226 e. The molecule has 1 saturated carbocycles. The summed E-state index contributed by atoms with van der Waals surface area (Å²) in [6.07, 6.45) is 3.97. The Morgan fingerprint density at radius 3 is 2.83 bits per heavy atom. The topological polar surface area (TPSA) is 42.0 Å². The zero-order valence-electron chi connectivity index (χ0n) is 13.8. The van der Waals surface area contributed by atoms with Crippen LogP contribution in [0.1, 0.15) is 38.8 Å². The molecule has 0 spiro atoms. The molecule has 1 fully saturated rings. The number of hydrogen-bond donors (Lipinski definition) is 1. The molecule has 1 heterocycles. The van der Waals surface area contributed by atoms with E-state index in [1.807, 2.05) is 35.7 Å². The zero-order valence-corrected chi connectivity index (χ0v) is 14.6. The molecule has 3 atom stereocenters. The van der Waals surface area contributed by atoms with Crippen LogP contribution in [-0.2, 0) is 11.2 Å². The van der Waals surface area contributed by atoms with Crippen LogP contribution >= 0.6 is 11.3 Å². The second kappa shape index (κ2) is 7.26. The summed E-state index contributed by atoms with van der Waals surface area (Å²) in [4.78, 5) is 16.9. The van der Waals surface area contributed by atoms with E-state index in [2.05, 4.69) is 24.1 Å². The summed E-state index contributed by atoms with van der Waals surface area (Å²) in [5, 5.41) is 6.20. The van der Waals surface area contributed by atoms with Crippen molar-refractivity contribution in [1.82, 2.24) is 10.3 Å². The molecular weight excluding hydrogens is 304 g/mol. The van der Waals surface area contributed by atoms with Crippen LogP contribution in [-0.4, -0.2) is 16.9 Å². The van der Waals surface area contributed by atoms with Crippen LogP contribution in [0.2, 0.25) is 0 Å². The number of rotatable bonds is 4. The second-order valence-corrected chi connectivity index (χ2v) is 7.49. The molecule has 3 unspecified atom stereocenters. The third-order valence-corrected chi connectivity index (χ3v) is 5.91. The maximum Gasteiger partial charge on any atom is 0.226 e. The summed E-state index contributed by atoms with van der Waals surface area (Å²) in [5.74, 6) is 1.35. The van der Waals surface area contributed by atoms with Crippen LogP contribution < -0.4 is 5.32 Å². The van der Waals surface area contributed by atoms with Gasteiger partial charge in [-0.2, -0.15) is 0 Å². The van der Waals surface area contributed by atoms with Gasteiger partial charge in [0, 0.05) is 17.0 Å². The summed E-state index contributed by atoms with van der Waals surface area (Å²) in [6, 6.07) is 10.4. The van der Waals surface area contributed by atoms with E-state index in [4.69, 9.17) is 0 Å². The molecular formula is C19H24N2OS. The van der Waals surface area contributed by atoms with Crippen molar-refractivity contribution in [3.8, 4) is 10.6 Å². The summed E-state index contributed by atoms with van der Waals surface area (Å²) >= 11 is 1.60. The first-order valence-corrected chi connectivity index (χ1v) is 9.30. The van der Waals surface area contributed by atoms with Crippen molar-refractivity contribution in [2.75, 3.05) is 0 Å². The fourth-order valence-electron chi connectivity index (χ4n) is 3.31. The number of carbonyl (C=O) groups excluding carboxylic acids is 1. The second-order valence-electron chi connectivity index (χ2n) is 6.63. The predicted octanol–water partition coefficient (Wildman–Crippen LogP) is 4.29. The first-order valence-electron chi connectivity index (χ1n) is 8.42. The Hall–Kier alpha value is -1.68. The predicted molar refractivity (Wildman–Crippen MR) is 95.4 cm³/mol. The van der Waals surface area contributed by atoms with E-state index < -0.39 is 0 Å². The van der Waals surface area contributed by atoms with Crippen LogP contribution in [0.25, 0.3) is 10.6 Å². The molecule has 2 aromatic rings. The molecule has 1 amide bonds. The minimum atomic E-state index is 0.0980. The molecule has 0 bridgehead atoms. The molecule has 1 aromatic carbocycles. The lowest BCUT2D eigenvalue weighted by Crippen LogP contribution is -2.44. The van der Waals surface area contributed by atoms with Crippen molar-refractivity contribution in [2.45, 2.75) is 45.6 Å². The lowest BCUT2D eigenvalue weighted by atomic mass is 9.78. The first kappa shape index (κ1) is 16.2. The molecule has 0 aliphatic heterocycles. The zero-order chi connectivity index (χ0) is 16.2. The van der Waals surface area contributed by atoms with Gasteiger partial charge in [-0.3, -0.25) is 4.79 Å². The van der Waals surface area contributed by atoms with Gasteiger partial charge in [-0.1, -0.05) is 57.0 Å². The van der Waals surface area contributed by atoms with Crippen molar-refractivity contribution in [2.24, 2.45) is 11.8 Å². The summed E-state index contributed by atoms with van der Waals surface area (Å²) in [5.41, 5.74) is 1.97. The molecule has 0 radical (unpaired) electrons. The molecule has 122 valence electrons. The van der Waals surface area contributed by atoms with Gasteiger partial charge in [0.05, 0.1) is 12.1 Å². The molecule has 1 N–H and O–H groups in total. The van der Waals surface area contributed by atoms with E-state index in [0.29, 0.717) is 24.3 Å². The number of hydrogen-bond acceptors (Lipinski definition) is 3. The number of nitrogens with one attached hydrogen (secondary N) is 1. The van der Waals surface area contributed by atoms with Crippen molar-refractivity contribution >= 4 is 17.2 Å². The van der Waals surface area contributed by atoms with Crippen LogP contribution in [0.15, 0.2) is 35.7 Å². The Bertz CT molecular complexity index is 652. The highest BCUT2D eigenvalue weighted by Crippen LogP contribution is 2.29. The summed E-state index contributed by atoms with van der Waals surface area (Å²) in [7, 11) is 0. The largest absolute Gasteiger partial charge is 0.353 e. The molecule has 1 aliphatic rings. The third-order valence-electron chi connectivity index (χ3n) is 4.97. The molecule has 3 nitrogen and oxygen atoms in total.